The molecule has 4 rings (SSSR count). The third-order valence-electron chi connectivity index (χ3n) is 4.24. The Morgan fingerprint density at radius 3 is 2.65 bits per heavy atom. The fourth-order valence-electron chi connectivity index (χ4n) is 2.88. The highest BCUT2D eigenvalue weighted by Gasteiger charge is 2.07. The molecule has 23 heavy (non-hydrogen) atoms. The molecule has 0 aliphatic carbocycles. The molecule has 0 saturated heterocycles. The summed E-state index contributed by atoms with van der Waals surface area (Å²) in [5.41, 5.74) is 4.41. The van der Waals surface area contributed by atoms with Gasteiger partial charge in [0.2, 0.25) is 0 Å². The van der Waals surface area contributed by atoms with E-state index in [9.17, 15) is 4.39 Å². The molecule has 0 unspecified atom stereocenters. The zero-order valence-electron chi connectivity index (χ0n) is 12.8. The number of nitrogens with one attached hydrogen (secondary N) is 1. The molecule has 1 heterocycles. The molecule has 4 aromatic rings. The molecule has 0 amide bonds. The molecule has 0 radical (unpaired) electrons. The molecule has 0 aliphatic rings. The van der Waals surface area contributed by atoms with Gasteiger partial charge in [0.1, 0.15) is 17.0 Å². The van der Waals surface area contributed by atoms with Crippen LogP contribution in [0.4, 0.5) is 10.1 Å². The maximum Gasteiger partial charge on any atom is 0.135 e. The van der Waals surface area contributed by atoms with E-state index in [4.69, 9.17) is 4.42 Å². The van der Waals surface area contributed by atoms with Crippen LogP contribution < -0.4 is 5.32 Å². The van der Waals surface area contributed by atoms with E-state index in [-0.39, 0.29) is 5.82 Å². The summed E-state index contributed by atoms with van der Waals surface area (Å²) in [5, 5.41) is 5.56. The normalized spacial score (nSPS) is 11.2. The highest BCUT2D eigenvalue weighted by atomic mass is 19.1. The molecule has 0 saturated carbocycles. The van der Waals surface area contributed by atoms with Gasteiger partial charge < -0.3 is 9.73 Å². The van der Waals surface area contributed by atoms with Crippen molar-refractivity contribution in [2.45, 2.75) is 13.5 Å². The Morgan fingerprint density at radius 1 is 0.913 bits per heavy atom. The van der Waals surface area contributed by atoms with Crippen LogP contribution in [-0.4, -0.2) is 0 Å². The second-order valence-electron chi connectivity index (χ2n) is 5.69. The van der Waals surface area contributed by atoms with E-state index >= 15 is 0 Å². The van der Waals surface area contributed by atoms with Gasteiger partial charge in [-0.1, -0.05) is 30.3 Å². The van der Waals surface area contributed by atoms with Crippen LogP contribution in [-0.2, 0) is 6.54 Å². The summed E-state index contributed by atoms with van der Waals surface area (Å²) in [7, 11) is 0. The van der Waals surface area contributed by atoms with E-state index in [1.807, 2.05) is 36.4 Å². The molecule has 0 bridgehead atoms. The van der Waals surface area contributed by atoms with Gasteiger partial charge in [0.05, 0.1) is 0 Å². The topological polar surface area (TPSA) is 25.2 Å². The number of anilines is 1. The molecule has 0 aliphatic heterocycles. The molecular formula is C20H16FNO. The molecule has 0 atom stereocenters. The smallest absolute Gasteiger partial charge is 0.135 e. The molecule has 0 spiro atoms. The van der Waals surface area contributed by atoms with Gasteiger partial charge in [0.15, 0.2) is 0 Å². The Kier molecular flexibility index (Phi) is 3.27. The monoisotopic (exact) mass is 305 g/mol. The van der Waals surface area contributed by atoms with Crippen LogP contribution in [0.15, 0.2) is 65.1 Å². The zero-order valence-corrected chi connectivity index (χ0v) is 12.8. The number of hydrogen-bond acceptors (Lipinski definition) is 2. The Morgan fingerprint density at radius 2 is 1.74 bits per heavy atom. The van der Waals surface area contributed by atoms with E-state index in [1.54, 1.807) is 13.0 Å². The van der Waals surface area contributed by atoms with Gasteiger partial charge in [-0.2, -0.15) is 0 Å². The average Bonchev–Trinajstić information content (AvgIpc) is 2.94. The largest absolute Gasteiger partial charge is 0.456 e. The first-order chi connectivity index (χ1) is 11.2. The molecule has 3 heteroatoms. The van der Waals surface area contributed by atoms with Crippen molar-refractivity contribution in [2.75, 3.05) is 5.32 Å². The van der Waals surface area contributed by atoms with E-state index in [0.29, 0.717) is 12.1 Å². The maximum atomic E-state index is 13.6. The standard InChI is InChI=1S/C20H16FNO/c1-13-14(5-4-7-18(13)21)12-22-15-9-10-20-17(11-15)16-6-2-3-8-19(16)23-20/h2-11,22H,12H2,1H3. The number of para-hydroxylation sites is 1. The summed E-state index contributed by atoms with van der Waals surface area (Å²) in [6.07, 6.45) is 0. The minimum Gasteiger partial charge on any atom is -0.456 e. The Balaban J connectivity index is 1.66. The first kappa shape index (κ1) is 13.8. The van der Waals surface area contributed by atoms with E-state index in [1.165, 1.54) is 6.07 Å². The minimum atomic E-state index is -0.166. The number of furan rings is 1. The number of rotatable bonds is 3. The molecule has 3 aromatic carbocycles. The first-order valence-corrected chi connectivity index (χ1v) is 7.61. The lowest BCUT2D eigenvalue weighted by molar-refractivity contribution is 0.616. The van der Waals surface area contributed by atoms with Crippen molar-refractivity contribution < 1.29 is 8.81 Å². The fraction of sp³-hybridized carbons (Fsp3) is 0.100. The van der Waals surface area contributed by atoms with Crippen LogP contribution in [0.25, 0.3) is 21.9 Å². The van der Waals surface area contributed by atoms with Crippen LogP contribution in [0.5, 0.6) is 0 Å². The quantitative estimate of drug-likeness (QED) is 0.529. The van der Waals surface area contributed by atoms with Crippen LogP contribution >= 0.6 is 0 Å². The van der Waals surface area contributed by atoms with Gasteiger partial charge >= 0.3 is 0 Å². The summed E-state index contributed by atoms with van der Waals surface area (Å²) in [6.45, 7) is 2.39. The lowest BCUT2D eigenvalue weighted by atomic mass is 10.1. The SMILES string of the molecule is Cc1c(F)cccc1CNc1ccc2oc3ccccc3c2c1. The predicted molar refractivity (Wildman–Crippen MR) is 92.2 cm³/mol. The summed E-state index contributed by atoms with van der Waals surface area (Å²) in [4.78, 5) is 0. The van der Waals surface area contributed by atoms with E-state index < -0.39 is 0 Å². The van der Waals surface area contributed by atoms with Crippen LogP contribution in [0, 0.1) is 12.7 Å². The third kappa shape index (κ3) is 2.44. The summed E-state index contributed by atoms with van der Waals surface area (Å²) < 4.78 is 19.4. The predicted octanol–water partition coefficient (Wildman–Crippen LogP) is 5.65. The van der Waals surface area contributed by atoms with Crippen molar-refractivity contribution in [3.05, 3.63) is 77.6 Å². The van der Waals surface area contributed by atoms with Crippen molar-refractivity contribution in [3.8, 4) is 0 Å². The Hall–Kier alpha value is -2.81. The molecule has 2 nitrogen and oxygen atoms in total. The third-order valence-corrected chi connectivity index (χ3v) is 4.24. The highest BCUT2D eigenvalue weighted by Crippen LogP contribution is 2.30. The van der Waals surface area contributed by atoms with Crippen molar-refractivity contribution in [2.24, 2.45) is 0 Å². The van der Waals surface area contributed by atoms with Gasteiger partial charge in [-0.25, -0.2) is 4.39 Å². The van der Waals surface area contributed by atoms with Gasteiger partial charge in [0.25, 0.3) is 0 Å². The second-order valence-corrected chi connectivity index (χ2v) is 5.69. The molecular weight excluding hydrogens is 289 g/mol. The zero-order chi connectivity index (χ0) is 15.8. The Bertz CT molecular complexity index is 1000. The fourth-order valence-corrected chi connectivity index (χ4v) is 2.88. The highest BCUT2D eigenvalue weighted by molar-refractivity contribution is 6.05. The van der Waals surface area contributed by atoms with E-state index in [0.717, 1.165) is 33.2 Å². The molecule has 1 N–H and O–H groups in total. The number of fused-ring (bicyclic) bond motifs is 3. The summed E-state index contributed by atoms with van der Waals surface area (Å²) in [6, 6.07) is 19.2. The number of halogens is 1. The van der Waals surface area contributed by atoms with Crippen molar-refractivity contribution >= 4 is 27.6 Å². The second kappa shape index (κ2) is 5.43. The number of benzene rings is 3. The van der Waals surface area contributed by atoms with Crippen molar-refractivity contribution in [1.29, 1.82) is 0 Å². The van der Waals surface area contributed by atoms with Crippen LogP contribution in [0.2, 0.25) is 0 Å². The van der Waals surface area contributed by atoms with Gasteiger partial charge in [-0.05, 0) is 48.4 Å². The van der Waals surface area contributed by atoms with Gasteiger partial charge in [-0.15, -0.1) is 0 Å². The lowest BCUT2D eigenvalue weighted by Crippen LogP contribution is -2.02. The molecule has 1 aromatic heterocycles. The van der Waals surface area contributed by atoms with Crippen molar-refractivity contribution in [3.63, 3.8) is 0 Å². The van der Waals surface area contributed by atoms with Crippen LogP contribution in [0.1, 0.15) is 11.1 Å². The van der Waals surface area contributed by atoms with Gasteiger partial charge in [0, 0.05) is 23.0 Å². The molecule has 0 fully saturated rings. The van der Waals surface area contributed by atoms with E-state index in [2.05, 4.69) is 17.4 Å². The van der Waals surface area contributed by atoms with Crippen molar-refractivity contribution in [1.82, 2.24) is 0 Å². The maximum absolute atomic E-state index is 13.6. The summed E-state index contributed by atoms with van der Waals surface area (Å²) >= 11 is 0. The van der Waals surface area contributed by atoms with Crippen LogP contribution in [0.3, 0.4) is 0 Å². The first-order valence-electron chi connectivity index (χ1n) is 7.61. The lowest BCUT2D eigenvalue weighted by Gasteiger charge is -2.09. The van der Waals surface area contributed by atoms with Gasteiger partial charge in [-0.3, -0.25) is 0 Å². The Labute approximate surface area is 133 Å². The minimum absolute atomic E-state index is 0.166. The average molecular weight is 305 g/mol. The number of hydrogen-bond donors (Lipinski definition) is 1. The summed E-state index contributed by atoms with van der Waals surface area (Å²) in [5.74, 6) is -0.166. The molecule has 114 valence electrons.